The molecule has 1 N–H and O–H groups in total. The molecular formula is C16H20N2O2. The maximum Gasteiger partial charge on any atom is 0.237 e. The highest BCUT2D eigenvalue weighted by molar-refractivity contribution is 5.52. The molecule has 20 heavy (non-hydrogen) atoms. The number of methoxy groups -OCH3 is 2. The van der Waals surface area contributed by atoms with Crippen molar-refractivity contribution in [2.45, 2.75) is 19.4 Å². The third-order valence-electron chi connectivity index (χ3n) is 3.07. The lowest BCUT2D eigenvalue weighted by Crippen LogP contribution is -2.18. The van der Waals surface area contributed by atoms with Crippen molar-refractivity contribution in [1.82, 2.24) is 4.98 Å². The SMILES string of the molecule is COc1ccc(CC(C)Nc2cccnc2OC)cc1. The van der Waals surface area contributed by atoms with Crippen LogP contribution in [-0.4, -0.2) is 25.2 Å². The van der Waals surface area contributed by atoms with Gasteiger partial charge in [0.2, 0.25) is 5.88 Å². The van der Waals surface area contributed by atoms with Gasteiger partial charge in [0.1, 0.15) is 5.75 Å². The number of nitrogens with zero attached hydrogens (tertiary/aromatic N) is 1. The Morgan fingerprint density at radius 2 is 1.85 bits per heavy atom. The summed E-state index contributed by atoms with van der Waals surface area (Å²) >= 11 is 0. The monoisotopic (exact) mass is 272 g/mol. The minimum absolute atomic E-state index is 0.279. The van der Waals surface area contributed by atoms with E-state index in [-0.39, 0.29) is 6.04 Å². The van der Waals surface area contributed by atoms with E-state index in [2.05, 4.69) is 29.4 Å². The largest absolute Gasteiger partial charge is 0.497 e. The van der Waals surface area contributed by atoms with Crippen molar-refractivity contribution in [3.8, 4) is 11.6 Å². The number of hydrogen-bond donors (Lipinski definition) is 1. The van der Waals surface area contributed by atoms with E-state index in [1.807, 2.05) is 24.3 Å². The van der Waals surface area contributed by atoms with Gasteiger partial charge in [0, 0.05) is 12.2 Å². The topological polar surface area (TPSA) is 43.4 Å². The highest BCUT2D eigenvalue weighted by atomic mass is 16.5. The molecule has 1 atom stereocenters. The number of hydrogen-bond acceptors (Lipinski definition) is 4. The van der Waals surface area contributed by atoms with Crippen LogP contribution in [0.4, 0.5) is 5.69 Å². The summed E-state index contributed by atoms with van der Waals surface area (Å²) in [5.74, 6) is 1.50. The molecule has 0 amide bonds. The van der Waals surface area contributed by atoms with E-state index in [9.17, 15) is 0 Å². The minimum Gasteiger partial charge on any atom is -0.497 e. The summed E-state index contributed by atoms with van der Waals surface area (Å²) in [6.45, 7) is 2.14. The van der Waals surface area contributed by atoms with Crippen molar-refractivity contribution in [3.63, 3.8) is 0 Å². The standard InChI is InChI=1S/C16H20N2O2/c1-12(11-13-6-8-14(19-2)9-7-13)18-15-5-4-10-17-16(15)20-3/h4-10,12,18H,11H2,1-3H3. The average Bonchev–Trinajstić information content (AvgIpc) is 2.48. The molecular weight excluding hydrogens is 252 g/mol. The summed E-state index contributed by atoms with van der Waals surface area (Å²) < 4.78 is 10.4. The van der Waals surface area contributed by atoms with Crippen molar-refractivity contribution in [3.05, 3.63) is 48.2 Å². The van der Waals surface area contributed by atoms with Gasteiger partial charge in [-0.2, -0.15) is 0 Å². The average molecular weight is 272 g/mol. The van der Waals surface area contributed by atoms with Crippen LogP contribution in [0.1, 0.15) is 12.5 Å². The Morgan fingerprint density at radius 3 is 2.50 bits per heavy atom. The molecule has 0 spiro atoms. The molecule has 0 aliphatic carbocycles. The first-order valence-corrected chi connectivity index (χ1v) is 6.61. The van der Waals surface area contributed by atoms with E-state index in [4.69, 9.17) is 9.47 Å². The van der Waals surface area contributed by atoms with Crippen LogP contribution < -0.4 is 14.8 Å². The van der Waals surface area contributed by atoms with Crippen LogP contribution >= 0.6 is 0 Å². The van der Waals surface area contributed by atoms with Crippen LogP contribution in [0.3, 0.4) is 0 Å². The van der Waals surface area contributed by atoms with E-state index < -0.39 is 0 Å². The molecule has 1 unspecified atom stereocenters. The molecule has 0 radical (unpaired) electrons. The number of anilines is 1. The molecule has 1 aromatic carbocycles. The molecule has 2 rings (SSSR count). The third kappa shape index (κ3) is 3.63. The maximum atomic E-state index is 5.24. The summed E-state index contributed by atoms with van der Waals surface area (Å²) in [6, 6.07) is 12.3. The van der Waals surface area contributed by atoms with Gasteiger partial charge in [0.25, 0.3) is 0 Å². The lowest BCUT2D eigenvalue weighted by Gasteiger charge is -2.17. The Kier molecular flexibility index (Phi) is 4.82. The molecule has 0 aliphatic heterocycles. The van der Waals surface area contributed by atoms with E-state index in [1.54, 1.807) is 20.4 Å². The van der Waals surface area contributed by atoms with Crippen LogP contribution in [0.5, 0.6) is 11.6 Å². The Hall–Kier alpha value is -2.23. The van der Waals surface area contributed by atoms with Gasteiger partial charge < -0.3 is 14.8 Å². The van der Waals surface area contributed by atoms with E-state index >= 15 is 0 Å². The fourth-order valence-electron chi connectivity index (χ4n) is 2.09. The molecule has 0 saturated heterocycles. The van der Waals surface area contributed by atoms with Gasteiger partial charge in [-0.05, 0) is 43.2 Å². The van der Waals surface area contributed by atoms with Gasteiger partial charge in [0.05, 0.1) is 19.9 Å². The lowest BCUT2D eigenvalue weighted by molar-refractivity contribution is 0.399. The zero-order valence-corrected chi connectivity index (χ0v) is 12.1. The Labute approximate surface area is 119 Å². The highest BCUT2D eigenvalue weighted by Crippen LogP contribution is 2.21. The second kappa shape index (κ2) is 6.80. The molecule has 4 heteroatoms. The molecule has 0 bridgehead atoms. The summed E-state index contributed by atoms with van der Waals surface area (Å²) in [5, 5.41) is 3.42. The third-order valence-corrected chi connectivity index (χ3v) is 3.07. The molecule has 1 aromatic heterocycles. The summed E-state index contributed by atoms with van der Waals surface area (Å²) in [6.07, 6.45) is 2.64. The van der Waals surface area contributed by atoms with Crippen LogP contribution in [0.25, 0.3) is 0 Å². The Morgan fingerprint density at radius 1 is 1.10 bits per heavy atom. The van der Waals surface area contributed by atoms with Crippen molar-refractivity contribution in [1.29, 1.82) is 0 Å². The normalized spacial score (nSPS) is 11.8. The van der Waals surface area contributed by atoms with Crippen LogP contribution in [0.2, 0.25) is 0 Å². The zero-order valence-electron chi connectivity index (χ0n) is 12.1. The summed E-state index contributed by atoms with van der Waals surface area (Å²) in [7, 11) is 3.30. The molecule has 0 saturated carbocycles. The van der Waals surface area contributed by atoms with Gasteiger partial charge in [0.15, 0.2) is 0 Å². The minimum atomic E-state index is 0.279. The second-order valence-corrected chi connectivity index (χ2v) is 4.66. The molecule has 2 aromatic rings. The lowest BCUT2D eigenvalue weighted by atomic mass is 10.1. The van der Waals surface area contributed by atoms with Crippen molar-refractivity contribution >= 4 is 5.69 Å². The Bertz CT molecular complexity index is 540. The number of ether oxygens (including phenoxy) is 2. The van der Waals surface area contributed by atoms with E-state index in [0.29, 0.717) is 5.88 Å². The fourth-order valence-corrected chi connectivity index (χ4v) is 2.09. The highest BCUT2D eigenvalue weighted by Gasteiger charge is 2.08. The predicted octanol–water partition coefficient (Wildman–Crippen LogP) is 3.14. The van der Waals surface area contributed by atoms with Crippen molar-refractivity contribution in [2.75, 3.05) is 19.5 Å². The zero-order chi connectivity index (χ0) is 14.4. The van der Waals surface area contributed by atoms with Gasteiger partial charge in [-0.15, -0.1) is 0 Å². The van der Waals surface area contributed by atoms with Gasteiger partial charge >= 0.3 is 0 Å². The number of pyridine rings is 1. The second-order valence-electron chi connectivity index (χ2n) is 4.66. The molecule has 0 aliphatic rings. The number of nitrogens with one attached hydrogen (secondary N) is 1. The first-order valence-electron chi connectivity index (χ1n) is 6.61. The van der Waals surface area contributed by atoms with Crippen molar-refractivity contribution < 1.29 is 9.47 Å². The number of aromatic nitrogens is 1. The summed E-state index contributed by atoms with van der Waals surface area (Å²) in [4.78, 5) is 4.18. The molecule has 4 nitrogen and oxygen atoms in total. The van der Waals surface area contributed by atoms with Crippen molar-refractivity contribution in [2.24, 2.45) is 0 Å². The fraction of sp³-hybridized carbons (Fsp3) is 0.312. The molecule has 0 fully saturated rings. The van der Waals surface area contributed by atoms with E-state index in [0.717, 1.165) is 17.9 Å². The smallest absolute Gasteiger partial charge is 0.237 e. The van der Waals surface area contributed by atoms with E-state index in [1.165, 1.54) is 5.56 Å². The van der Waals surface area contributed by atoms with Gasteiger partial charge in [-0.3, -0.25) is 0 Å². The number of benzene rings is 1. The van der Waals surface area contributed by atoms with Gasteiger partial charge in [-0.1, -0.05) is 12.1 Å². The quantitative estimate of drug-likeness (QED) is 0.877. The van der Waals surface area contributed by atoms with Gasteiger partial charge in [-0.25, -0.2) is 4.98 Å². The molecule has 106 valence electrons. The van der Waals surface area contributed by atoms with Crippen LogP contribution in [0.15, 0.2) is 42.6 Å². The van der Waals surface area contributed by atoms with Crippen LogP contribution in [0, 0.1) is 0 Å². The first-order chi connectivity index (χ1) is 9.72. The predicted molar refractivity (Wildman–Crippen MR) is 80.6 cm³/mol. The van der Waals surface area contributed by atoms with Crippen LogP contribution in [-0.2, 0) is 6.42 Å². The number of rotatable bonds is 6. The Balaban J connectivity index is 1.99. The molecule has 1 heterocycles. The first kappa shape index (κ1) is 14.2. The summed E-state index contributed by atoms with van der Waals surface area (Å²) in [5.41, 5.74) is 2.17. The maximum absolute atomic E-state index is 5.24.